The second-order valence-electron chi connectivity index (χ2n) is 7.19. The zero-order valence-corrected chi connectivity index (χ0v) is 15.7. The number of carbonyl (C=O) groups is 1. The van der Waals surface area contributed by atoms with E-state index in [0.29, 0.717) is 24.9 Å². The van der Waals surface area contributed by atoms with Gasteiger partial charge in [0.25, 0.3) is 0 Å². The molecule has 0 bridgehead atoms. The van der Waals surface area contributed by atoms with E-state index in [0.717, 1.165) is 25.7 Å². The molecule has 1 aromatic carbocycles. The van der Waals surface area contributed by atoms with Gasteiger partial charge in [0.15, 0.2) is 0 Å². The van der Waals surface area contributed by atoms with Crippen molar-refractivity contribution in [1.29, 1.82) is 5.26 Å². The third-order valence-electron chi connectivity index (χ3n) is 5.31. The van der Waals surface area contributed by atoms with Crippen LogP contribution in [0.5, 0.6) is 0 Å². The predicted octanol–water partition coefficient (Wildman–Crippen LogP) is 2.41. The summed E-state index contributed by atoms with van der Waals surface area (Å²) < 4.78 is 27.2. The van der Waals surface area contributed by atoms with Crippen LogP contribution in [0.2, 0.25) is 0 Å². The van der Waals surface area contributed by atoms with Crippen LogP contribution in [-0.2, 0) is 14.8 Å². The monoisotopic (exact) mass is 375 g/mol. The van der Waals surface area contributed by atoms with Gasteiger partial charge in [-0.25, -0.2) is 8.42 Å². The minimum absolute atomic E-state index is 0.0254. The van der Waals surface area contributed by atoms with Crippen molar-refractivity contribution >= 4 is 15.9 Å². The Morgan fingerprint density at radius 1 is 1.15 bits per heavy atom. The summed E-state index contributed by atoms with van der Waals surface area (Å²) in [5, 5.41) is 12.1. The van der Waals surface area contributed by atoms with Crippen LogP contribution in [0, 0.1) is 17.2 Å². The van der Waals surface area contributed by atoms with E-state index >= 15 is 0 Å². The second-order valence-corrected chi connectivity index (χ2v) is 9.12. The van der Waals surface area contributed by atoms with Crippen LogP contribution in [0.3, 0.4) is 0 Å². The molecule has 1 saturated heterocycles. The van der Waals surface area contributed by atoms with Crippen molar-refractivity contribution in [2.45, 2.75) is 55.9 Å². The zero-order chi connectivity index (χ0) is 18.6. The average Bonchev–Trinajstić information content (AvgIpc) is 2.69. The molecule has 1 aliphatic heterocycles. The molecular weight excluding hydrogens is 350 g/mol. The van der Waals surface area contributed by atoms with Crippen molar-refractivity contribution in [1.82, 2.24) is 9.62 Å². The summed E-state index contributed by atoms with van der Waals surface area (Å²) in [6, 6.07) is 8.24. The summed E-state index contributed by atoms with van der Waals surface area (Å²) in [6.07, 6.45) is 6.92. The van der Waals surface area contributed by atoms with Crippen molar-refractivity contribution in [2.24, 2.45) is 5.92 Å². The minimum atomic E-state index is -3.69. The lowest BCUT2D eigenvalue weighted by molar-refractivity contribution is -0.127. The Balaban J connectivity index is 1.68. The summed E-state index contributed by atoms with van der Waals surface area (Å²) in [7, 11) is -3.69. The van der Waals surface area contributed by atoms with Crippen LogP contribution in [0.1, 0.15) is 50.5 Å². The van der Waals surface area contributed by atoms with Gasteiger partial charge in [-0.2, -0.15) is 9.57 Å². The number of hydrogen-bond acceptors (Lipinski definition) is 4. The summed E-state index contributed by atoms with van der Waals surface area (Å²) in [6.45, 7) is 0.615. The molecule has 26 heavy (non-hydrogen) atoms. The first kappa shape index (κ1) is 18.9. The molecule has 140 valence electrons. The Hall–Kier alpha value is -1.91. The number of carbonyl (C=O) groups excluding carboxylic acids is 1. The van der Waals surface area contributed by atoms with Crippen molar-refractivity contribution < 1.29 is 13.2 Å². The molecule has 1 atom stereocenters. The first-order chi connectivity index (χ1) is 12.5. The summed E-state index contributed by atoms with van der Waals surface area (Å²) in [4.78, 5) is 12.7. The molecule has 2 aliphatic rings. The molecule has 2 fully saturated rings. The number of rotatable bonds is 4. The number of benzene rings is 1. The fourth-order valence-electron chi connectivity index (χ4n) is 3.82. The number of nitriles is 1. The third-order valence-corrected chi connectivity index (χ3v) is 7.17. The number of piperidine rings is 1. The Bertz CT molecular complexity index is 794. The standard InChI is InChI=1S/C19H25N3O3S/c20-13-15-6-4-10-18(12-15)26(24,25)22-11-5-7-16(14-22)19(23)21-17-8-2-1-3-9-17/h4,6,10,12,16-17H,1-3,5,7-9,11,14H2,(H,21,23)/t16-/m0/s1. The minimum Gasteiger partial charge on any atom is -0.353 e. The Morgan fingerprint density at radius 3 is 2.65 bits per heavy atom. The van der Waals surface area contributed by atoms with Gasteiger partial charge in [-0.05, 0) is 43.9 Å². The van der Waals surface area contributed by atoms with Gasteiger partial charge in [0.2, 0.25) is 15.9 Å². The molecule has 1 N–H and O–H groups in total. The maximum absolute atomic E-state index is 12.9. The highest BCUT2D eigenvalue weighted by molar-refractivity contribution is 7.89. The lowest BCUT2D eigenvalue weighted by Crippen LogP contribution is -2.47. The number of nitrogens with one attached hydrogen (secondary N) is 1. The van der Waals surface area contributed by atoms with Gasteiger partial charge >= 0.3 is 0 Å². The van der Waals surface area contributed by atoms with Crippen molar-refractivity contribution in [2.75, 3.05) is 13.1 Å². The maximum Gasteiger partial charge on any atom is 0.243 e. The van der Waals surface area contributed by atoms with Crippen LogP contribution in [0.25, 0.3) is 0 Å². The zero-order valence-electron chi connectivity index (χ0n) is 14.9. The molecule has 3 rings (SSSR count). The van der Waals surface area contributed by atoms with E-state index in [-0.39, 0.29) is 29.3 Å². The molecule has 0 unspecified atom stereocenters. The fraction of sp³-hybridized carbons (Fsp3) is 0.579. The first-order valence-electron chi connectivity index (χ1n) is 9.31. The van der Waals surface area contributed by atoms with Crippen LogP contribution < -0.4 is 5.32 Å². The molecule has 1 aromatic rings. The van der Waals surface area contributed by atoms with E-state index in [2.05, 4.69) is 5.32 Å². The van der Waals surface area contributed by atoms with Gasteiger partial charge in [-0.1, -0.05) is 25.3 Å². The molecule has 1 saturated carbocycles. The summed E-state index contributed by atoms with van der Waals surface area (Å²) in [5.41, 5.74) is 0.315. The van der Waals surface area contributed by atoms with Gasteiger partial charge in [0.05, 0.1) is 22.4 Å². The highest BCUT2D eigenvalue weighted by atomic mass is 32.2. The van der Waals surface area contributed by atoms with E-state index in [1.807, 2.05) is 6.07 Å². The van der Waals surface area contributed by atoms with Crippen molar-refractivity contribution in [3.63, 3.8) is 0 Å². The fourth-order valence-corrected chi connectivity index (χ4v) is 5.39. The largest absolute Gasteiger partial charge is 0.353 e. The van der Waals surface area contributed by atoms with Crippen molar-refractivity contribution in [3.05, 3.63) is 29.8 Å². The number of nitrogens with zero attached hydrogens (tertiary/aromatic N) is 2. The molecule has 0 spiro atoms. The van der Waals surface area contributed by atoms with Gasteiger partial charge in [0.1, 0.15) is 0 Å². The number of hydrogen-bond donors (Lipinski definition) is 1. The molecule has 7 heteroatoms. The topological polar surface area (TPSA) is 90.3 Å². The van der Waals surface area contributed by atoms with Crippen LogP contribution in [0.15, 0.2) is 29.2 Å². The van der Waals surface area contributed by atoms with Gasteiger partial charge < -0.3 is 5.32 Å². The molecule has 1 heterocycles. The Morgan fingerprint density at radius 2 is 1.92 bits per heavy atom. The van der Waals surface area contributed by atoms with Crippen LogP contribution in [0.4, 0.5) is 0 Å². The van der Waals surface area contributed by atoms with E-state index in [9.17, 15) is 13.2 Å². The molecule has 0 radical (unpaired) electrons. The normalized spacial score (nSPS) is 22.5. The SMILES string of the molecule is N#Cc1cccc(S(=O)(=O)N2CCC[C@H](C(=O)NC3CCCCC3)C2)c1. The van der Waals surface area contributed by atoms with Gasteiger partial charge in [-0.15, -0.1) is 0 Å². The van der Waals surface area contributed by atoms with Gasteiger partial charge in [-0.3, -0.25) is 4.79 Å². The predicted molar refractivity (Wildman–Crippen MR) is 97.7 cm³/mol. The average molecular weight is 375 g/mol. The Labute approximate surface area is 155 Å². The molecule has 1 amide bonds. The molecule has 1 aliphatic carbocycles. The maximum atomic E-state index is 12.9. The number of sulfonamides is 1. The van der Waals surface area contributed by atoms with E-state index < -0.39 is 10.0 Å². The number of amides is 1. The van der Waals surface area contributed by atoms with Crippen molar-refractivity contribution in [3.8, 4) is 6.07 Å². The Kier molecular flexibility index (Phi) is 5.94. The first-order valence-corrected chi connectivity index (χ1v) is 10.8. The van der Waals surface area contributed by atoms with E-state index in [1.165, 1.54) is 22.9 Å². The highest BCUT2D eigenvalue weighted by Gasteiger charge is 2.34. The van der Waals surface area contributed by atoms with Crippen LogP contribution >= 0.6 is 0 Å². The molecule has 0 aromatic heterocycles. The quantitative estimate of drug-likeness (QED) is 0.875. The lowest BCUT2D eigenvalue weighted by Gasteiger charge is -2.32. The summed E-state index contributed by atoms with van der Waals surface area (Å²) >= 11 is 0. The van der Waals surface area contributed by atoms with Crippen LogP contribution in [-0.4, -0.2) is 37.8 Å². The van der Waals surface area contributed by atoms with Gasteiger partial charge in [0, 0.05) is 19.1 Å². The second kappa shape index (κ2) is 8.19. The lowest BCUT2D eigenvalue weighted by atomic mass is 9.93. The van der Waals surface area contributed by atoms with E-state index in [1.54, 1.807) is 12.1 Å². The highest BCUT2D eigenvalue weighted by Crippen LogP contribution is 2.25. The van der Waals surface area contributed by atoms with E-state index in [4.69, 9.17) is 5.26 Å². The molecule has 6 nitrogen and oxygen atoms in total. The molecular formula is C19H25N3O3S. The summed E-state index contributed by atoms with van der Waals surface area (Å²) in [5.74, 6) is -0.331. The smallest absolute Gasteiger partial charge is 0.243 e. The third kappa shape index (κ3) is 4.25.